The Kier molecular flexibility index (Phi) is 4.99. The number of nitrogens with two attached hydrogens (primary N) is 1. The van der Waals surface area contributed by atoms with Crippen molar-refractivity contribution >= 4 is 26.5 Å². The molecule has 0 spiro atoms. The summed E-state index contributed by atoms with van der Waals surface area (Å²) in [5.74, 6) is -2.83. The number of rotatable bonds is 5. The number of hydrogen-bond donors (Lipinski definition) is 2. The average Bonchev–Trinajstić information content (AvgIpc) is 2.30. The van der Waals surface area contributed by atoms with E-state index in [0.717, 1.165) is 6.07 Å². The molecular weight excluding hydrogens is 298 g/mol. The summed E-state index contributed by atoms with van der Waals surface area (Å²) in [4.78, 5) is -0.862. The highest BCUT2D eigenvalue weighted by Gasteiger charge is 2.23. The largest absolute Gasteiger partial charge is 0.399 e. The van der Waals surface area contributed by atoms with Gasteiger partial charge in [-0.15, -0.1) is 0 Å². The molecule has 3 N–H and O–H groups in total. The zero-order chi connectivity index (χ0) is 14.8. The molecule has 0 fully saturated rings. The molecule has 0 saturated carbocycles. The number of hydrogen-bond acceptors (Lipinski definition) is 4. The molecule has 0 aliphatic rings. The number of nitrogens with one attached hydrogen (secondary N) is 1. The van der Waals surface area contributed by atoms with Gasteiger partial charge in [0.25, 0.3) is 0 Å². The minimum atomic E-state index is -4.24. The third-order valence-electron chi connectivity index (χ3n) is 2.43. The Bertz CT molecular complexity index is 605. The molecule has 9 heteroatoms. The lowest BCUT2D eigenvalue weighted by Gasteiger charge is -2.12. The van der Waals surface area contributed by atoms with E-state index in [2.05, 4.69) is 4.72 Å². The number of sulfonamides is 1. The van der Waals surface area contributed by atoms with Gasteiger partial charge in [-0.25, -0.2) is 21.9 Å². The molecule has 0 saturated heterocycles. The predicted octanol–water partition coefficient (Wildman–Crippen LogP) is 0.592. The summed E-state index contributed by atoms with van der Waals surface area (Å²) in [5.41, 5.74) is 5.08. The summed E-state index contributed by atoms with van der Waals surface area (Å²) >= 11 is 0. The molecule has 2 atom stereocenters. The molecular formula is C10H14F2N2O3S2. The maximum atomic E-state index is 13.5. The maximum absolute atomic E-state index is 13.5. The normalized spacial score (nSPS) is 15.2. The van der Waals surface area contributed by atoms with E-state index in [1.54, 1.807) is 6.92 Å². The van der Waals surface area contributed by atoms with Crippen molar-refractivity contribution in [3.8, 4) is 0 Å². The van der Waals surface area contributed by atoms with Gasteiger partial charge in [-0.05, 0) is 19.1 Å². The van der Waals surface area contributed by atoms with E-state index in [1.165, 1.54) is 6.26 Å². The van der Waals surface area contributed by atoms with Crippen LogP contribution in [0.25, 0.3) is 0 Å². The molecule has 0 heterocycles. The highest BCUT2D eigenvalue weighted by molar-refractivity contribution is 7.89. The molecule has 0 aliphatic carbocycles. The van der Waals surface area contributed by atoms with Crippen molar-refractivity contribution in [1.82, 2.24) is 4.72 Å². The van der Waals surface area contributed by atoms with E-state index in [-0.39, 0.29) is 12.2 Å². The van der Waals surface area contributed by atoms with E-state index >= 15 is 0 Å². The summed E-state index contributed by atoms with van der Waals surface area (Å²) in [6, 6.07) is 1.52. The Morgan fingerprint density at radius 1 is 1.42 bits per heavy atom. The molecule has 108 valence electrons. The van der Waals surface area contributed by atoms with E-state index in [9.17, 15) is 21.4 Å². The predicted molar refractivity (Wildman–Crippen MR) is 69.5 cm³/mol. The van der Waals surface area contributed by atoms with Gasteiger partial charge < -0.3 is 5.73 Å². The van der Waals surface area contributed by atoms with Crippen LogP contribution in [0.1, 0.15) is 6.92 Å². The highest BCUT2D eigenvalue weighted by atomic mass is 32.2. The topological polar surface area (TPSA) is 89.3 Å². The fourth-order valence-corrected chi connectivity index (χ4v) is 2.87. The SMILES string of the molecule is CC(CNS(=O)(=O)c1cc(N)cc(F)c1F)S(C)=O. The first-order valence-corrected chi connectivity index (χ1v) is 8.32. The van der Waals surface area contributed by atoms with Gasteiger partial charge in [-0.1, -0.05) is 0 Å². The quantitative estimate of drug-likeness (QED) is 0.779. The summed E-state index contributed by atoms with van der Waals surface area (Å²) in [6.45, 7) is 1.41. The fourth-order valence-electron chi connectivity index (χ4n) is 1.20. The van der Waals surface area contributed by atoms with Crippen LogP contribution in [0.2, 0.25) is 0 Å². The summed E-state index contributed by atoms with van der Waals surface area (Å²) in [6.07, 6.45) is 1.42. The van der Waals surface area contributed by atoms with Crippen molar-refractivity contribution in [3.05, 3.63) is 23.8 Å². The minimum absolute atomic E-state index is 0.151. The lowest BCUT2D eigenvalue weighted by Crippen LogP contribution is -2.33. The molecule has 5 nitrogen and oxygen atoms in total. The number of anilines is 1. The highest BCUT2D eigenvalue weighted by Crippen LogP contribution is 2.20. The monoisotopic (exact) mass is 312 g/mol. The van der Waals surface area contributed by atoms with Gasteiger partial charge in [0, 0.05) is 34.5 Å². The second kappa shape index (κ2) is 5.93. The molecule has 1 rings (SSSR count). The first-order valence-electron chi connectivity index (χ1n) is 5.21. The summed E-state index contributed by atoms with van der Waals surface area (Å²) in [5, 5.41) is -0.455. The van der Waals surface area contributed by atoms with Crippen LogP contribution >= 0.6 is 0 Å². The van der Waals surface area contributed by atoms with Crippen LogP contribution in [0.5, 0.6) is 0 Å². The average molecular weight is 312 g/mol. The van der Waals surface area contributed by atoms with Crippen molar-refractivity contribution in [2.24, 2.45) is 0 Å². The smallest absolute Gasteiger partial charge is 0.243 e. The molecule has 19 heavy (non-hydrogen) atoms. The van der Waals surface area contributed by atoms with E-state index in [4.69, 9.17) is 5.73 Å². The van der Waals surface area contributed by atoms with Crippen LogP contribution in [-0.4, -0.2) is 30.7 Å². The minimum Gasteiger partial charge on any atom is -0.399 e. The number of benzene rings is 1. The van der Waals surface area contributed by atoms with Crippen molar-refractivity contribution in [2.45, 2.75) is 17.1 Å². The Morgan fingerprint density at radius 2 is 2.00 bits per heavy atom. The Morgan fingerprint density at radius 3 is 2.53 bits per heavy atom. The zero-order valence-electron chi connectivity index (χ0n) is 10.3. The van der Waals surface area contributed by atoms with E-state index < -0.39 is 42.6 Å². The van der Waals surface area contributed by atoms with Crippen molar-refractivity contribution in [1.29, 1.82) is 0 Å². The van der Waals surface area contributed by atoms with Gasteiger partial charge in [0.1, 0.15) is 4.90 Å². The van der Waals surface area contributed by atoms with Crippen molar-refractivity contribution < 1.29 is 21.4 Å². The molecule has 0 aromatic heterocycles. The van der Waals surface area contributed by atoms with Gasteiger partial charge in [0.15, 0.2) is 11.6 Å². The molecule has 0 radical (unpaired) electrons. The second-order valence-corrected chi connectivity index (χ2v) is 7.51. The van der Waals surface area contributed by atoms with Crippen LogP contribution in [0.4, 0.5) is 14.5 Å². The molecule has 2 unspecified atom stereocenters. The Balaban J connectivity index is 3.05. The van der Waals surface area contributed by atoms with Gasteiger partial charge in [-0.2, -0.15) is 0 Å². The summed E-state index contributed by atoms with van der Waals surface area (Å²) < 4.78 is 63.3. The Hall–Kier alpha value is -1.06. The molecule has 0 bridgehead atoms. The van der Waals surface area contributed by atoms with Gasteiger partial charge in [-0.3, -0.25) is 4.21 Å². The van der Waals surface area contributed by atoms with Gasteiger partial charge in [0.2, 0.25) is 10.0 Å². The third kappa shape index (κ3) is 3.95. The molecule has 1 aromatic rings. The van der Waals surface area contributed by atoms with Crippen LogP contribution in [-0.2, 0) is 20.8 Å². The molecule has 0 aliphatic heterocycles. The zero-order valence-corrected chi connectivity index (χ0v) is 11.9. The van der Waals surface area contributed by atoms with Crippen LogP contribution in [0.3, 0.4) is 0 Å². The first-order chi connectivity index (χ1) is 8.65. The van der Waals surface area contributed by atoms with Crippen LogP contribution < -0.4 is 10.5 Å². The lowest BCUT2D eigenvalue weighted by molar-refractivity contribution is 0.484. The molecule has 1 aromatic carbocycles. The number of halogens is 2. The summed E-state index contributed by atoms with van der Waals surface area (Å²) in [7, 11) is -5.48. The standard InChI is InChI=1S/C10H14F2N2O3S2/c1-6(18(2)15)5-14-19(16,17)9-4-7(13)3-8(11)10(9)12/h3-4,6,14H,5,13H2,1-2H3. The van der Waals surface area contributed by atoms with Gasteiger partial charge in [0.05, 0.1) is 0 Å². The van der Waals surface area contributed by atoms with Gasteiger partial charge >= 0.3 is 0 Å². The number of nitrogen functional groups attached to an aromatic ring is 1. The second-order valence-electron chi connectivity index (χ2n) is 3.98. The van der Waals surface area contributed by atoms with Crippen LogP contribution in [0.15, 0.2) is 17.0 Å². The van der Waals surface area contributed by atoms with E-state index in [0.29, 0.717) is 6.07 Å². The molecule has 0 amide bonds. The van der Waals surface area contributed by atoms with E-state index in [1.807, 2.05) is 0 Å². The van der Waals surface area contributed by atoms with Crippen molar-refractivity contribution in [3.63, 3.8) is 0 Å². The van der Waals surface area contributed by atoms with Crippen molar-refractivity contribution in [2.75, 3.05) is 18.5 Å². The van der Waals surface area contributed by atoms with Crippen LogP contribution in [0, 0.1) is 11.6 Å². The Labute approximate surface area is 112 Å². The lowest BCUT2D eigenvalue weighted by atomic mass is 10.3. The third-order valence-corrected chi connectivity index (χ3v) is 5.16. The fraction of sp³-hybridized carbons (Fsp3) is 0.400. The first kappa shape index (κ1) is 16.0. The maximum Gasteiger partial charge on any atom is 0.243 e.